The van der Waals surface area contributed by atoms with Gasteiger partial charge in [-0.05, 0) is 23.1 Å². The van der Waals surface area contributed by atoms with Crippen molar-refractivity contribution < 1.29 is 9.00 Å². The van der Waals surface area contributed by atoms with Crippen LogP contribution in [0.2, 0.25) is 0 Å². The van der Waals surface area contributed by atoms with E-state index in [-0.39, 0.29) is 6.03 Å². The summed E-state index contributed by atoms with van der Waals surface area (Å²) in [6, 6.07) is 11.1. The zero-order chi connectivity index (χ0) is 14.4. The van der Waals surface area contributed by atoms with Crippen molar-refractivity contribution in [2.24, 2.45) is 0 Å². The number of carbonyl (C=O) groups excluding carboxylic acids is 1. The quantitative estimate of drug-likeness (QED) is 0.892. The number of urea groups is 1. The SMILES string of the molecule is C[S@@](=O)Cc1ccccc1NC(=O)NCc1cccs1. The molecule has 6 heteroatoms. The van der Waals surface area contributed by atoms with Crippen molar-refractivity contribution in [3.8, 4) is 0 Å². The summed E-state index contributed by atoms with van der Waals surface area (Å²) in [6.07, 6.45) is 1.65. The molecule has 1 aromatic heterocycles. The summed E-state index contributed by atoms with van der Waals surface area (Å²) in [7, 11) is -0.940. The topological polar surface area (TPSA) is 58.2 Å². The Morgan fingerprint density at radius 1 is 1.25 bits per heavy atom. The molecule has 2 amide bonds. The van der Waals surface area contributed by atoms with Crippen molar-refractivity contribution in [3.63, 3.8) is 0 Å². The zero-order valence-corrected chi connectivity index (χ0v) is 12.7. The Kier molecular flexibility index (Phi) is 5.31. The highest BCUT2D eigenvalue weighted by atomic mass is 32.2. The van der Waals surface area contributed by atoms with E-state index in [0.29, 0.717) is 18.0 Å². The van der Waals surface area contributed by atoms with Gasteiger partial charge in [0.15, 0.2) is 0 Å². The lowest BCUT2D eigenvalue weighted by atomic mass is 10.2. The van der Waals surface area contributed by atoms with Gasteiger partial charge in [-0.25, -0.2) is 4.79 Å². The highest BCUT2D eigenvalue weighted by Crippen LogP contribution is 2.16. The van der Waals surface area contributed by atoms with Crippen LogP contribution in [0.5, 0.6) is 0 Å². The molecular formula is C14H16N2O2S2. The first-order valence-corrected chi connectivity index (χ1v) is 8.71. The van der Waals surface area contributed by atoms with Crippen molar-refractivity contribution in [3.05, 3.63) is 52.2 Å². The predicted octanol–water partition coefficient (Wildman–Crippen LogP) is 2.95. The van der Waals surface area contributed by atoms with E-state index in [1.807, 2.05) is 41.8 Å². The lowest BCUT2D eigenvalue weighted by Crippen LogP contribution is -2.28. The number of carbonyl (C=O) groups is 1. The van der Waals surface area contributed by atoms with E-state index < -0.39 is 10.8 Å². The molecule has 0 saturated carbocycles. The van der Waals surface area contributed by atoms with Crippen molar-refractivity contribution in [1.29, 1.82) is 0 Å². The molecule has 4 nitrogen and oxygen atoms in total. The smallest absolute Gasteiger partial charge is 0.319 e. The number of amides is 2. The molecule has 1 heterocycles. The summed E-state index contributed by atoms with van der Waals surface area (Å²) in [6.45, 7) is 0.505. The van der Waals surface area contributed by atoms with Crippen LogP contribution in [0.3, 0.4) is 0 Å². The normalized spacial score (nSPS) is 11.8. The Labute approximate surface area is 124 Å². The van der Waals surface area contributed by atoms with Crippen molar-refractivity contribution >= 4 is 33.9 Å². The molecule has 1 atom stereocenters. The van der Waals surface area contributed by atoms with Crippen LogP contribution >= 0.6 is 11.3 Å². The first kappa shape index (κ1) is 14.7. The number of hydrogen-bond donors (Lipinski definition) is 2. The van der Waals surface area contributed by atoms with Crippen LogP contribution in [0.15, 0.2) is 41.8 Å². The maximum Gasteiger partial charge on any atom is 0.319 e. The molecular weight excluding hydrogens is 292 g/mol. The third kappa shape index (κ3) is 4.47. The van der Waals surface area contributed by atoms with E-state index >= 15 is 0 Å². The van der Waals surface area contributed by atoms with Gasteiger partial charge in [0.25, 0.3) is 0 Å². The molecule has 0 aliphatic rings. The number of thiophene rings is 1. The minimum absolute atomic E-state index is 0.257. The second-order valence-electron chi connectivity index (χ2n) is 4.26. The first-order valence-electron chi connectivity index (χ1n) is 6.10. The number of anilines is 1. The molecule has 2 aromatic rings. The minimum atomic E-state index is -0.940. The van der Waals surface area contributed by atoms with Gasteiger partial charge in [0.05, 0.1) is 12.3 Å². The molecule has 0 aliphatic heterocycles. The van der Waals surface area contributed by atoms with Gasteiger partial charge in [0.1, 0.15) is 0 Å². The van der Waals surface area contributed by atoms with E-state index in [1.54, 1.807) is 17.6 Å². The van der Waals surface area contributed by atoms with Crippen LogP contribution < -0.4 is 10.6 Å². The van der Waals surface area contributed by atoms with Crippen LogP contribution in [-0.2, 0) is 23.1 Å². The molecule has 0 unspecified atom stereocenters. The van der Waals surface area contributed by atoms with Gasteiger partial charge in [0, 0.05) is 27.6 Å². The van der Waals surface area contributed by atoms with Gasteiger partial charge in [-0.3, -0.25) is 4.21 Å². The van der Waals surface area contributed by atoms with Crippen LogP contribution in [-0.4, -0.2) is 16.5 Å². The van der Waals surface area contributed by atoms with Gasteiger partial charge >= 0.3 is 6.03 Å². The molecule has 0 spiro atoms. The second-order valence-corrected chi connectivity index (χ2v) is 6.73. The fourth-order valence-corrected chi connectivity index (χ4v) is 3.07. The minimum Gasteiger partial charge on any atom is -0.333 e. The number of benzene rings is 1. The maximum absolute atomic E-state index is 11.9. The lowest BCUT2D eigenvalue weighted by molar-refractivity contribution is 0.252. The summed E-state index contributed by atoms with van der Waals surface area (Å²) in [5.74, 6) is 0.432. The molecule has 0 radical (unpaired) electrons. The highest BCUT2D eigenvalue weighted by molar-refractivity contribution is 7.83. The molecule has 2 N–H and O–H groups in total. The zero-order valence-electron chi connectivity index (χ0n) is 11.1. The first-order chi connectivity index (χ1) is 9.65. The van der Waals surface area contributed by atoms with Gasteiger partial charge in [0.2, 0.25) is 0 Å². The average molecular weight is 308 g/mol. The largest absolute Gasteiger partial charge is 0.333 e. The number of para-hydroxylation sites is 1. The Bertz CT molecular complexity index is 597. The Morgan fingerprint density at radius 3 is 2.75 bits per heavy atom. The number of nitrogens with one attached hydrogen (secondary N) is 2. The monoisotopic (exact) mass is 308 g/mol. The standard InChI is InChI=1S/C14H16N2O2S2/c1-20(18)10-11-5-2-3-7-13(11)16-14(17)15-9-12-6-4-8-19-12/h2-8H,9-10H2,1H3,(H2,15,16,17)/t20-/m1/s1. The molecule has 20 heavy (non-hydrogen) atoms. The van der Waals surface area contributed by atoms with Crippen molar-refractivity contribution in [1.82, 2.24) is 5.32 Å². The molecule has 2 rings (SSSR count). The van der Waals surface area contributed by atoms with Crippen LogP contribution in [0.4, 0.5) is 10.5 Å². The number of rotatable bonds is 5. The Morgan fingerprint density at radius 2 is 2.05 bits per heavy atom. The van der Waals surface area contributed by atoms with Crippen LogP contribution in [0, 0.1) is 0 Å². The van der Waals surface area contributed by atoms with E-state index in [1.165, 1.54) is 0 Å². The molecule has 1 aromatic carbocycles. The summed E-state index contributed by atoms with van der Waals surface area (Å²) in [5.41, 5.74) is 1.57. The lowest BCUT2D eigenvalue weighted by Gasteiger charge is -2.10. The van der Waals surface area contributed by atoms with Crippen molar-refractivity contribution in [2.45, 2.75) is 12.3 Å². The summed E-state index contributed by atoms with van der Waals surface area (Å²) < 4.78 is 11.3. The van der Waals surface area contributed by atoms with Crippen molar-refractivity contribution in [2.75, 3.05) is 11.6 Å². The van der Waals surface area contributed by atoms with Gasteiger partial charge in [-0.1, -0.05) is 24.3 Å². The molecule has 0 saturated heterocycles. The number of hydrogen-bond acceptors (Lipinski definition) is 3. The predicted molar refractivity (Wildman–Crippen MR) is 84.4 cm³/mol. The fraction of sp³-hybridized carbons (Fsp3) is 0.214. The van der Waals surface area contributed by atoms with E-state index in [0.717, 1.165) is 10.4 Å². The van der Waals surface area contributed by atoms with E-state index in [4.69, 9.17) is 0 Å². The molecule has 0 fully saturated rings. The molecule has 106 valence electrons. The molecule has 0 aliphatic carbocycles. The summed E-state index contributed by atoms with van der Waals surface area (Å²) >= 11 is 1.60. The maximum atomic E-state index is 11.9. The van der Waals surface area contributed by atoms with Gasteiger partial charge in [-0.2, -0.15) is 0 Å². The van der Waals surface area contributed by atoms with Crippen LogP contribution in [0.25, 0.3) is 0 Å². The fourth-order valence-electron chi connectivity index (χ4n) is 1.73. The van der Waals surface area contributed by atoms with E-state index in [9.17, 15) is 9.00 Å². The molecule has 0 bridgehead atoms. The third-order valence-corrected chi connectivity index (χ3v) is 4.22. The van der Waals surface area contributed by atoms with Gasteiger partial charge < -0.3 is 10.6 Å². The third-order valence-electron chi connectivity index (χ3n) is 2.63. The van der Waals surface area contributed by atoms with Gasteiger partial charge in [-0.15, -0.1) is 11.3 Å². The summed E-state index contributed by atoms with van der Waals surface area (Å²) in [4.78, 5) is 13.0. The highest BCUT2D eigenvalue weighted by Gasteiger charge is 2.07. The van der Waals surface area contributed by atoms with Crippen LogP contribution in [0.1, 0.15) is 10.4 Å². The Hall–Kier alpha value is -1.66. The summed E-state index contributed by atoms with van der Waals surface area (Å²) in [5, 5.41) is 7.57. The second kappa shape index (κ2) is 7.21. The van der Waals surface area contributed by atoms with E-state index in [2.05, 4.69) is 10.6 Å². The average Bonchev–Trinajstić information content (AvgIpc) is 2.91. The Balaban J connectivity index is 1.95.